The maximum absolute atomic E-state index is 11.1. The van der Waals surface area contributed by atoms with Crippen LogP contribution < -0.4 is 4.74 Å². The highest BCUT2D eigenvalue weighted by Gasteiger charge is 2.19. The number of aliphatic carboxylic acids is 1. The molecule has 1 N–H and O–H groups in total. The van der Waals surface area contributed by atoms with Gasteiger partial charge in [0.15, 0.2) is 0 Å². The van der Waals surface area contributed by atoms with E-state index in [9.17, 15) is 4.79 Å². The molecule has 3 heteroatoms. The van der Waals surface area contributed by atoms with Crippen LogP contribution in [0.1, 0.15) is 16.7 Å². The Kier molecular flexibility index (Phi) is 2.80. The van der Waals surface area contributed by atoms with Gasteiger partial charge in [-0.3, -0.25) is 0 Å². The molecule has 3 rings (SSSR count). The van der Waals surface area contributed by atoms with Crippen molar-refractivity contribution < 1.29 is 14.6 Å². The minimum Gasteiger partial charge on any atom is -0.488 e. The molecule has 0 fully saturated rings. The third kappa shape index (κ3) is 2.10. The van der Waals surface area contributed by atoms with Crippen molar-refractivity contribution in [3.05, 3.63) is 71.3 Å². The number of rotatable bonds is 1. The fraction of sp³-hybridized carbons (Fsp3) is 0.0625. The van der Waals surface area contributed by atoms with E-state index in [4.69, 9.17) is 9.84 Å². The molecular weight excluding hydrogens is 240 g/mol. The number of ether oxygens (including phenoxy) is 1. The molecule has 0 bridgehead atoms. The van der Waals surface area contributed by atoms with Crippen molar-refractivity contribution in [3.8, 4) is 5.75 Å². The molecule has 1 heterocycles. The topological polar surface area (TPSA) is 46.5 Å². The van der Waals surface area contributed by atoms with E-state index in [1.54, 1.807) is 0 Å². The largest absolute Gasteiger partial charge is 0.488 e. The third-order valence-corrected chi connectivity index (χ3v) is 3.14. The summed E-state index contributed by atoms with van der Waals surface area (Å²) < 4.78 is 5.75. The van der Waals surface area contributed by atoms with E-state index in [1.165, 1.54) is 6.08 Å². The highest BCUT2D eigenvalue weighted by atomic mass is 16.5. The number of hydrogen-bond acceptors (Lipinski definition) is 2. The Balaban J connectivity index is 2.28. The molecular formula is C16H12O3. The Hall–Kier alpha value is -2.55. The fourth-order valence-corrected chi connectivity index (χ4v) is 2.30. The van der Waals surface area contributed by atoms with E-state index < -0.39 is 5.97 Å². The summed E-state index contributed by atoms with van der Waals surface area (Å²) in [5.41, 5.74) is 3.41. The lowest BCUT2D eigenvalue weighted by Gasteiger charge is -2.08. The molecule has 0 saturated carbocycles. The molecule has 0 spiro atoms. The Bertz CT molecular complexity index is 622. The molecule has 2 aromatic rings. The summed E-state index contributed by atoms with van der Waals surface area (Å²) in [6.07, 6.45) is 1.24. The lowest BCUT2D eigenvalue weighted by atomic mass is 9.94. The first-order chi connectivity index (χ1) is 9.25. The van der Waals surface area contributed by atoms with Crippen molar-refractivity contribution in [2.24, 2.45) is 0 Å². The number of carboxylic acids is 1. The smallest absolute Gasteiger partial charge is 0.328 e. The van der Waals surface area contributed by atoms with Crippen molar-refractivity contribution in [1.82, 2.24) is 0 Å². The van der Waals surface area contributed by atoms with Crippen LogP contribution >= 0.6 is 0 Å². The van der Waals surface area contributed by atoms with Gasteiger partial charge in [0.1, 0.15) is 12.4 Å². The summed E-state index contributed by atoms with van der Waals surface area (Å²) in [4.78, 5) is 11.1. The van der Waals surface area contributed by atoms with Gasteiger partial charge in [0.25, 0.3) is 0 Å². The molecule has 94 valence electrons. The average molecular weight is 252 g/mol. The maximum Gasteiger partial charge on any atom is 0.328 e. The molecule has 0 radical (unpaired) electrons. The van der Waals surface area contributed by atoms with Crippen LogP contribution in [0.5, 0.6) is 5.75 Å². The number of fused-ring (bicyclic) bond motifs is 2. The molecule has 0 unspecified atom stereocenters. The van der Waals surface area contributed by atoms with Crippen molar-refractivity contribution >= 4 is 11.5 Å². The molecule has 19 heavy (non-hydrogen) atoms. The van der Waals surface area contributed by atoms with Crippen LogP contribution in [0.15, 0.2) is 54.6 Å². The molecule has 0 amide bonds. The van der Waals surface area contributed by atoms with Gasteiger partial charge in [-0.1, -0.05) is 42.5 Å². The van der Waals surface area contributed by atoms with Crippen molar-refractivity contribution in [2.45, 2.75) is 6.61 Å². The number of para-hydroxylation sites is 1. The number of carboxylic acid groups (broad SMARTS) is 1. The van der Waals surface area contributed by atoms with Crippen LogP contribution in [-0.2, 0) is 11.4 Å². The van der Waals surface area contributed by atoms with Crippen LogP contribution in [0.3, 0.4) is 0 Å². The van der Waals surface area contributed by atoms with Crippen LogP contribution in [0, 0.1) is 0 Å². The highest BCUT2D eigenvalue weighted by Crippen LogP contribution is 2.36. The first kappa shape index (κ1) is 11.5. The van der Waals surface area contributed by atoms with Crippen LogP contribution in [0.25, 0.3) is 5.57 Å². The minimum absolute atomic E-state index is 0.449. The van der Waals surface area contributed by atoms with Gasteiger partial charge in [-0.25, -0.2) is 4.79 Å². The van der Waals surface area contributed by atoms with Gasteiger partial charge in [-0.2, -0.15) is 0 Å². The Labute approximate surface area is 110 Å². The highest BCUT2D eigenvalue weighted by molar-refractivity contribution is 5.97. The second kappa shape index (κ2) is 4.61. The Morgan fingerprint density at radius 3 is 2.53 bits per heavy atom. The predicted octanol–water partition coefficient (Wildman–Crippen LogP) is 3.10. The number of carbonyl (C=O) groups is 1. The minimum atomic E-state index is -0.957. The summed E-state index contributed by atoms with van der Waals surface area (Å²) in [7, 11) is 0. The maximum atomic E-state index is 11.1. The van der Waals surface area contributed by atoms with Gasteiger partial charge < -0.3 is 9.84 Å². The second-order valence-electron chi connectivity index (χ2n) is 4.34. The zero-order chi connectivity index (χ0) is 13.2. The van der Waals surface area contributed by atoms with Gasteiger partial charge in [-0.15, -0.1) is 0 Å². The number of hydrogen-bond donors (Lipinski definition) is 1. The quantitative estimate of drug-likeness (QED) is 0.793. The van der Waals surface area contributed by atoms with E-state index in [1.807, 2.05) is 48.5 Å². The van der Waals surface area contributed by atoms with E-state index in [0.717, 1.165) is 16.7 Å². The molecule has 1 aliphatic rings. The molecule has 2 aromatic carbocycles. The lowest BCUT2D eigenvalue weighted by Crippen LogP contribution is -1.96. The number of benzene rings is 2. The first-order valence-corrected chi connectivity index (χ1v) is 6.01. The van der Waals surface area contributed by atoms with Crippen LogP contribution in [0.4, 0.5) is 0 Å². The van der Waals surface area contributed by atoms with Gasteiger partial charge in [0, 0.05) is 17.2 Å². The summed E-state index contributed by atoms with van der Waals surface area (Å²) in [5.74, 6) is -0.243. The monoisotopic (exact) mass is 252 g/mol. The first-order valence-electron chi connectivity index (χ1n) is 6.01. The molecule has 0 saturated heterocycles. The molecule has 3 nitrogen and oxygen atoms in total. The summed E-state index contributed by atoms with van der Waals surface area (Å²) in [6, 6.07) is 15.2. The SMILES string of the molecule is O=C(O)C=C1c2ccccc2COc2ccccc21. The summed E-state index contributed by atoms with van der Waals surface area (Å²) >= 11 is 0. The Morgan fingerprint density at radius 1 is 1.05 bits per heavy atom. The third-order valence-electron chi connectivity index (χ3n) is 3.14. The van der Waals surface area contributed by atoms with Gasteiger partial charge >= 0.3 is 5.97 Å². The van der Waals surface area contributed by atoms with E-state index in [-0.39, 0.29) is 0 Å². The zero-order valence-corrected chi connectivity index (χ0v) is 10.2. The molecule has 0 atom stereocenters. The van der Waals surface area contributed by atoms with Crippen LogP contribution in [-0.4, -0.2) is 11.1 Å². The second-order valence-corrected chi connectivity index (χ2v) is 4.34. The van der Waals surface area contributed by atoms with E-state index >= 15 is 0 Å². The van der Waals surface area contributed by atoms with Gasteiger partial charge in [-0.05, 0) is 17.2 Å². The fourth-order valence-electron chi connectivity index (χ4n) is 2.30. The average Bonchev–Trinajstić information content (AvgIpc) is 2.57. The zero-order valence-electron chi connectivity index (χ0n) is 10.2. The predicted molar refractivity (Wildman–Crippen MR) is 71.9 cm³/mol. The lowest BCUT2D eigenvalue weighted by molar-refractivity contribution is -0.131. The molecule has 0 aromatic heterocycles. The molecule has 0 aliphatic carbocycles. The molecule has 1 aliphatic heterocycles. The van der Waals surface area contributed by atoms with Gasteiger partial charge in [0.05, 0.1) is 0 Å². The van der Waals surface area contributed by atoms with Gasteiger partial charge in [0.2, 0.25) is 0 Å². The van der Waals surface area contributed by atoms with Crippen molar-refractivity contribution in [3.63, 3.8) is 0 Å². The van der Waals surface area contributed by atoms with E-state index in [2.05, 4.69) is 0 Å². The normalized spacial score (nSPS) is 15.1. The van der Waals surface area contributed by atoms with Crippen molar-refractivity contribution in [2.75, 3.05) is 0 Å². The summed E-state index contributed by atoms with van der Waals surface area (Å²) in [6.45, 7) is 0.449. The summed E-state index contributed by atoms with van der Waals surface area (Å²) in [5, 5.41) is 9.09. The van der Waals surface area contributed by atoms with Crippen molar-refractivity contribution in [1.29, 1.82) is 0 Å². The van der Waals surface area contributed by atoms with E-state index in [0.29, 0.717) is 17.9 Å². The van der Waals surface area contributed by atoms with Crippen LogP contribution in [0.2, 0.25) is 0 Å². The standard InChI is InChI=1S/C16H12O3/c17-16(18)9-14-12-6-2-1-5-11(12)10-19-15-8-4-3-7-13(14)15/h1-9H,10H2,(H,17,18). The Morgan fingerprint density at radius 2 is 1.74 bits per heavy atom.